The first-order valence-electron chi connectivity index (χ1n) is 12.5. The second-order valence-corrected chi connectivity index (χ2v) is 15.8. The summed E-state index contributed by atoms with van der Waals surface area (Å²) >= 11 is 0. The van der Waals surface area contributed by atoms with E-state index in [0.29, 0.717) is 16.8 Å². The van der Waals surface area contributed by atoms with Gasteiger partial charge in [-0.2, -0.15) is 5.26 Å². The molecule has 0 radical (unpaired) electrons. The average Bonchev–Trinajstić information content (AvgIpc) is 3.11. The normalized spacial score (nSPS) is 28.1. The summed E-state index contributed by atoms with van der Waals surface area (Å²) in [5.74, 6) is -5.17. The number of nitrogens with zero attached hydrogens (tertiary/aromatic N) is 3. The number of cyclic esters (lactones) is 1. The molecule has 0 unspecified atom stereocenters. The van der Waals surface area contributed by atoms with Crippen molar-refractivity contribution in [1.29, 1.82) is 5.26 Å². The van der Waals surface area contributed by atoms with Gasteiger partial charge >= 0.3 is 5.97 Å². The first kappa shape index (κ1) is 27.3. The Morgan fingerprint density at radius 1 is 1.21 bits per heavy atom. The Morgan fingerprint density at radius 2 is 1.95 bits per heavy atom. The highest BCUT2D eigenvalue weighted by Gasteiger charge is 2.71. The summed E-state index contributed by atoms with van der Waals surface area (Å²) in [6.07, 6.45) is 4.73. The lowest BCUT2D eigenvalue weighted by Gasteiger charge is -2.46. The van der Waals surface area contributed by atoms with Crippen LogP contribution in [0.15, 0.2) is 42.7 Å². The topological polar surface area (TPSA) is 92.9 Å². The number of esters is 1. The Balaban J connectivity index is 1.70. The number of allylic oxidation sites excluding steroid dienone is 1. The third kappa shape index (κ3) is 4.91. The van der Waals surface area contributed by atoms with E-state index in [1.54, 1.807) is 49.5 Å². The van der Waals surface area contributed by atoms with E-state index in [-0.39, 0.29) is 5.69 Å². The zero-order chi connectivity index (χ0) is 27.9. The molecular formula is C29H29F2N3O3Si. The fourth-order valence-corrected chi connectivity index (χ4v) is 5.90. The first-order chi connectivity index (χ1) is 17.8. The number of hydrogen-bond donors (Lipinski definition) is 0. The molecule has 0 N–H and O–H groups in total. The average molecular weight is 534 g/mol. The number of rotatable bonds is 4. The van der Waals surface area contributed by atoms with Crippen molar-refractivity contribution >= 4 is 25.9 Å². The number of halogens is 2. The first-order valence-corrected chi connectivity index (χ1v) is 16.0. The number of carbonyl (C=O) groups excluding carboxylic acids is 2. The highest BCUT2D eigenvalue weighted by Crippen LogP contribution is 2.59. The molecule has 0 amide bonds. The molecule has 0 bridgehead atoms. The summed E-state index contributed by atoms with van der Waals surface area (Å²) < 4.78 is 36.3. The zero-order valence-corrected chi connectivity index (χ0v) is 23.0. The number of Topliss-reactive ketones (excluding diaryl/α,β-unsaturated/α-hetero) is 1. The van der Waals surface area contributed by atoms with Crippen LogP contribution in [0.3, 0.4) is 0 Å². The molecule has 2 fully saturated rings. The zero-order valence-electron chi connectivity index (χ0n) is 22.0. The highest BCUT2D eigenvalue weighted by molar-refractivity contribution is 6.84. The summed E-state index contributed by atoms with van der Waals surface area (Å²) in [5, 5.41) is 9.31. The molecule has 5 atom stereocenters. The number of pyridine rings is 2. The summed E-state index contributed by atoms with van der Waals surface area (Å²) in [4.78, 5) is 34.9. The van der Waals surface area contributed by atoms with Gasteiger partial charge in [-0.25, -0.2) is 13.8 Å². The Morgan fingerprint density at radius 3 is 2.58 bits per heavy atom. The maximum Gasteiger partial charge on any atom is 0.321 e. The van der Waals surface area contributed by atoms with Crippen molar-refractivity contribution in [1.82, 2.24) is 9.97 Å². The predicted octanol–water partition coefficient (Wildman–Crippen LogP) is 5.32. The molecule has 0 spiro atoms. The quantitative estimate of drug-likeness (QED) is 0.229. The van der Waals surface area contributed by atoms with Crippen LogP contribution in [-0.2, 0) is 14.3 Å². The molecule has 3 heterocycles. The smallest absolute Gasteiger partial charge is 0.321 e. The third-order valence-corrected chi connectivity index (χ3v) is 8.24. The van der Waals surface area contributed by atoms with E-state index < -0.39 is 61.4 Å². The lowest BCUT2D eigenvalue weighted by Crippen LogP contribution is -2.56. The van der Waals surface area contributed by atoms with Gasteiger partial charge in [-0.3, -0.25) is 14.6 Å². The number of nitriles is 1. The number of ketones is 1. The number of hydrogen-bond acceptors (Lipinski definition) is 6. The largest absolute Gasteiger partial charge is 0.462 e. The van der Waals surface area contributed by atoms with Crippen LogP contribution in [0.4, 0.5) is 8.78 Å². The standard InChI is InChI=1S/C29H29F2N3O3Si/c1-18-22(11-10-21-9-8-20(16-34-21)23-7-6-13-33-24(23)15-32)26-19(2)37-27(36)28(26,17-29(18,30)31)25(35)12-14-38(3,4)5/h6-11,13,16,18-19,22,26H,17H2,1-5H3/b11-10+/t18-,19+,22-,26-,28-/m0/s1. The molecule has 9 heteroatoms. The predicted molar refractivity (Wildman–Crippen MR) is 141 cm³/mol. The van der Waals surface area contributed by atoms with E-state index in [1.807, 2.05) is 25.7 Å². The lowest BCUT2D eigenvalue weighted by atomic mass is 9.55. The van der Waals surface area contributed by atoms with Gasteiger partial charge in [-0.05, 0) is 43.0 Å². The molecule has 38 heavy (non-hydrogen) atoms. The van der Waals surface area contributed by atoms with Gasteiger partial charge in [0.25, 0.3) is 5.92 Å². The summed E-state index contributed by atoms with van der Waals surface area (Å²) in [6.45, 7) is 8.90. The minimum atomic E-state index is -3.28. The molecule has 4 rings (SSSR count). The molecule has 0 aromatic carbocycles. The Bertz CT molecular complexity index is 1400. The fourth-order valence-electron chi connectivity index (χ4n) is 5.41. The number of aromatic nitrogens is 2. The van der Waals surface area contributed by atoms with Crippen molar-refractivity contribution in [2.45, 2.75) is 51.9 Å². The molecule has 6 nitrogen and oxygen atoms in total. The Hall–Kier alpha value is -3.69. The van der Waals surface area contributed by atoms with E-state index in [1.165, 1.54) is 13.1 Å². The molecule has 1 saturated heterocycles. The Kier molecular flexibility index (Phi) is 7.11. The van der Waals surface area contributed by atoms with Crippen LogP contribution in [-0.4, -0.2) is 41.8 Å². The molecule has 1 saturated carbocycles. The van der Waals surface area contributed by atoms with Gasteiger partial charge in [0.2, 0.25) is 5.78 Å². The number of fused-ring (bicyclic) bond motifs is 1. The van der Waals surface area contributed by atoms with E-state index in [0.717, 1.165) is 0 Å². The fraction of sp³-hybridized carbons (Fsp3) is 0.414. The van der Waals surface area contributed by atoms with Crippen LogP contribution < -0.4 is 0 Å². The van der Waals surface area contributed by atoms with Crippen molar-refractivity contribution in [3.63, 3.8) is 0 Å². The van der Waals surface area contributed by atoms with Crippen LogP contribution in [0.5, 0.6) is 0 Å². The van der Waals surface area contributed by atoms with Crippen LogP contribution >= 0.6 is 0 Å². The summed E-state index contributed by atoms with van der Waals surface area (Å²) in [6, 6.07) is 9.03. The van der Waals surface area contributed by atoms with Crippen molar-refractivity contribution in [2.75, 3.05) is 0 Å². The van der Waals surface area contributed by atoms with Gasteiger partial charge in [0.1, 0.15) is 25.9 Å². The van der Waals surface area contributed by atoms with Crippen LogP contribution in [0.25, 0.3) is 17.2 Å². The molecule has 2 aliphatic rings. The van der Waals surface area contributed by atoms with Gasteiger partial charge < -0.3 is 4.74 Å². The Labute approximate surface area is 222 Å². The summed E-state index contributed by atoms with van der Waals surface area (Å²) in [5.41, 5.74) is 3.03. The van der Waals surface area contributed by atoms with E-state index in [4.69, 9.17) is 4.74 Å². The lowest BCUT2D eigenvalue weighted by molar-refractivity contribution is -0.175. The van der Waals surface area contributed by atoms with E-state index >= 15 is 8.78 Å². The van der Waals surface area contributed by atoms with Gasteiger partial charge in [0.15, 0.2) is 5.41 Å². The number of ether oxygens (including phenoxy) is 1. The molecule has 1 aliphatic heterocycles. The molecule has 1 aliphatic carbocycles. The van der Waals surface area contributed by atoms with Crippen LogP contribution in [0, 0.1) is 46.0 Å². The molecular weight excluding hydrogens is 504 g/mol. The van der Waals surface area contributed by atoms with Crippen molar-refractivity contribution in [3.8, 4) is 28.7 Å². The monoisotopic (exact) mass is 533 g/mol. The van der Waals surface area contributed by atoms with Gasteiger partial charge in [-0.1, -0.05) is 38.7 Å². The van der Waals surface area contributed by atoms with E-state index in [9.17, 15) is 14.9 Å². The van der Waals surface area contributed by atoms with Gasteiger partial charge in [-0.15, -0.1) is 5.54 Å². The third-order valence-electron chi connectivity index (χ3n) is 7.36. The second kappa shape index (κ2) is 9.88. The van der Waals surface area contributed by atoms with Crippen molar-refractivity contribution in [2.24, 2.45) is 23.2 Å². The minimum absolute atomic E-state index is 0.272. The number of alkyl halides is 2. The van der Waals surface area contributed by atoms with E-state index in [2.05, 4.69) is 21.4 Å². The van der Waals surface area contributed by atoms with Crippen molar-refractivity contribution in [3.05, 3.63) is 54.1 Å². The SMILES string of the molecule is C[C@H]1OC(=O)[C@]2(C(=O)C#C[Si](C)(C)C)CC(F)(F)[C@@H](C)[C@H](/C=C/c3ccc(-c4cccnc4C#N)cn3)[C@H]12. The van der Waals surface area contributed by atoms with Gasteiger partial charge in [0.05, 0.1) is 5.69 Å². The van der Waals surface area contributed by atoms with Crippen molar-refractivity contribution < 1.29 is 23.1 Å². The van der Waals surface area contributed by atoms with Crippen LogP contribution in [0.1, 0.15) is 31.7 Å². The molecule has 2 aromatic rings. The highest BCUT2D eigenvalue weighted by atomic mass is 28.3. The summed E-state index contributed by atoms with van der Waals surface area (Å²) in [7, 11) is -2.00. The molecule has 196 valence electrons. The maximum atomic E-state index is 15.4. The van der Waals surface area contributed by atoms with Gasteiger partial charge in [0, 0.05) is 41.8 Å². The second-order valence-electron chi connectivity index (χ2n) is 11.1. The molecule has 2 aromatic heterocycles. The number of carbonyl (C=O) groups is 2. The van der Waals surface area contributed by atoms with Crippen LogP contribution in [0.2, 0.25) is 19.6 Å². The minimum Gasteiger partial charge on any atom is -0.462 e. The maximum absolute atomic E-state index is 15.4.